The lowest BCUT2D eigenvalue weighted by molar-refractivity contribution is 1.06. The van der Waals surface area contributed by atoms with Gasteiger partial charge < -0.3 is 4.98 Å². The first-order chi connectivity index (χ1) is 13.8. The predicted molar refractivity (Wildman–Crippen MR) is 113 cm³/mol. The van der Waals surface area contributed by atoms with Crippen LogP contribution in [0.3, 0.4) is 0 Å². The van der Waals surface area contributed by atoms with Crippen LogP contribution >= 0.6 is 0 Å². The van der Waals surface area contributed by atoms with E-state index in [2.05, 4.69) is 11.1 Å². The number of hydrogen-bond acceptors (Lipinski definition) is 2. The maximum atomic E-state index is 9.97. The number of hydrogen-bond donors (Lipinski definition) is 1. The third-order valence-electron chi connectivity index (χ3n) is 4.86. The molecule has 5 aromatic rings. The molecule has 28 heavy (non-hydrogen) atoms. The van der Waals surface area contributed by atoms with E-state index in [1.165, 1.54) is 0 Å². The van der Waals surface area contributed by atoms with Gasteiger partial charge in [-0.3, -0.25) is 4.57 Å². The van der Waals surface area contributed by atoms with Crippen LogP contribution in [0.2, 0.25) is 0 Å². The minimum atomic E-state index is 0.518. The van der Waals surface area contributed by atoms with Gasteiger partial charge in [0.1, 0.15) is 6.07 Å². The van der Waals surface area contributed by atoms with E-state index in [-0.39, 0.29) is 0 Å². The van der Waals surface area contributed by atoms with Crippen LogP contribution in [0.25, 0.3) is 39.3 Å². The number of imidazole rings is 1. The Labute approximate surface area is 162 Å². The lowest BCUT2D eigenvalue weighted by Gasteiger charge is -2.08. The highest BCUT2D eigenvalue weighted by molar-refractivity contribution is 5.98. The number of allylic oxidation sites excluding steroid dienone is 1. The molecule has 0 amide bonds. The summed E-state index contributed by atoms with van der Waals surface area (Å²) in [6.07, 6.45) is 3.83. The van der Waals surface area contributed by atoms with Crippen LogP contribution < -0.4 is 0 Å². The molecule has 4 nitrogen and oxygen atoms in total. The normalized spacial score (nSPS) is 11.8. The average molecular weight is 360 g/mol. The van der Waals surface area contributed by atoms with E-state index in [1.807, 2.05) is 95.7 Å². The Hall–Kier alpha value is -4.10. The van der Waals surface area contributed by atoms with Crippen molar-refractivity contribution in [1.82, 2.24) is 14.5 Å². The van der Waals surface area contributed by atoms with Crippen LogP contribution in [0, 0.1) is 11.3 Å². The van der Waals surface area contributed by atoms with E-state index in [4.69, 9.17) is 4.98 Å². The van der Waals surface area contributed by atoms with Crippen molar-refractivity contribution in [2.75, 3.05) is 0 Å². The van der Waals surface area contributed by atoms with Crippen molar-refractivity contribution in [3.8, 4) is 11.8 Å². The molecule has 1 N–H and O–H groups in total. The second-order valence-electron chi connectivity index (χ2n) is 6.55. The van der Waals surface area contributed by atoms with Gasteiger partial charge in [0.15, 0.2) is 5.82 Å². The Balaban J connectivity index is 1.77. The predicted octanol–water partition coefficient (Wildman–Crippen LogP) is 5.57. The van der Waals surface area contributed by atoms with Gasteiger partial charge in [0.2, 0.25) is 0 Å². The number of nitriles is 1. The molecule has 0 saturated heterocycles. The Morgan fingerprint density at radius 1 is 0.929 bits per heavy atom. The zero-order chi connectivity index (χ0) is 18.9. The summed E-state index contributed by atoms with van der Waals surface area (Å²) in [5, 5.41) is 11.0. The molecule has 0 aliphatic rings. The van der Waals surface area contributed by atoms with Crippen molar-refractivity contribution in [3.05, 3.63) is 96.4 Å². The van der Waals surface area contributed by atoms with E-state index in [0.717, 1.165) is 33.2 Å². The molecule has 0 saturated carbocycles. The summed E-state index contributed by atoms with van der Waals surface area (Å²) in [7, 11) is 0. The largest absolute Gasteiger partial charge is 0.361 e. The highest BCUT2D eigenvalue weighted by Crippen LogP contribution is 2.28. The molecule has 0 unspecified atom stereocenters. The lowest BCUT2D eigenvalue weighted by Crippen LogP contribution is -2.00. The van der Waals surface area contributed by atoms with E-state index in [0.29, 0.717) is 11.4 Å². The van der Waals surface area contributed by atoms with Crippen molar-refractivity contribution >= 4 is 33.6 Å². The summed E-state index contributed by atoms with van der Waals surface area (Å²) in [5.41, 5.74) is 5.35. The Morgan fingerprint density at radius 3 is 2.54 bits per heavy atom. The number of aromatic amines is 1. The van der Waals surface area contributed by atoms with Crippen LogP contribution in [0.4, 0.5) is 0 Å². The summed E-state index contributed by atoms with van der Waals surface area (Å²) >= 11 is 0. The Morgan fingerprint density at radius 2 is 1.68 bits per heavy atom. The molecule has 2 aromatic heterocycles. The SMILES string of the molecule is N#C/C(=C\c1c[nH]c2ccccc12)c1nc2ccccc2n1-c1ccccc1. The van der Waals surface area contributed by atoms with Gasteiger partial charge in [-0.1, -0.05) is 48.5 Å². The molecule has 0 spiro atoms. The van der Waals surface area contributed by atoms with Crippen LogP contribution in [0.5, 0.6) is 0 Å². The standard InChI is InChI=1S/C24H16N4/c25-15-17(14-18-16-26-21-11-5-4-10-20(18)21)24-27-22-12-6-7-13-23(22)28(24)19-8-2-1-3-9-19/h1-14,16,26H/b17-14+. The number of rotatable bonds is 3. The molecule has 3 aromatic carbocycles. The fraction of sp³-hybridized carbons (Fsp3) is 0. The summed E-state index contributed by atoms with van der Waals surface area (Å²) in [5.74, 6) is 0.639. The number of H-pyrrole nitrogens is 1. The van der Waals surface area contributed by atoms with Crippen molar-refractivity contribution in [2.24, 2.45) is 0 Å². The zero-order valence-corrected chi connectivity index (χ0v) is 15.0. The molecule has 132 valence electrons. The number of nitrogens with zero attached hydrogens (tertiary/aromatic N) is 3. The monoisotopic (exact) mass is 360 g/mol. The molecule has 0 aliphatic carbocycles. The van der Waals surface area contributed by atoms with E-state index >= 15 is 0 Å². The van der Waals surface area contributed by atoms with Gasteiger partial charge in [0, 0.05) is 28.4 Å². The number of aromatic nitrogens is 3. The van der Waals surface area contributed by atoms with Gasteiger partial charge >= 0.3 is 0 Å². The van der Waals surface area contributed by atoms with Crippen molar-refractivity contribution in [3.63, 3.8) is 0 Å². The summed E-state index contributed by atoms with van der Waals surface area (Å²) in [6.45, 7) is 0. The molecular weight excluding hydrogens is 344 g/mol. The van der Waals surface area contributed by atoms with Crippen LogP contribution in [0.15, 0.2) is 85.1 Å². The van der Waals surface area contributed by atoms with Crippen molar-refractivity contribution in [2.45, 2.75) is 0 Å². The van der Waals surface area contributed by atoms with Crippen LogP contribution in [-0.2, 0) is 0 Å². The summed E-state index contributed by atoms with van der Waals surface area (Å²) in [4.78, 5) is 8.04. The van der Waals surface area contributed by atoms with Gasteiger partial charge in [-0.05, 0) is 36.4 Å². The minimum Gasteiger partial charge on any atom is -0.361 e. The van der Waals surface area contributed by atoms with E-state index < -0.39 is 0 Å². The molecule has 2 heterocycles. The van der Waals surface area contributed by atoms with Crippen molar-refractivity contribution < 1.29 is 0 Å². The first kappa shape index (κ1) is 16.1. The quantitative estimate of drug-likeness (QED) is 0.428. The fourth-order valence-corrected chi connectivity index (χ4v) is 3.56. The molecule has 0 radical (unpaired) electrons. The first-order valence-electron chi connectivity index (χ1n) is 9.06. The molecule has 0 fully saturated rings. The molecular formula is C24H16N4. The zero-order valence-electron chi connectivity index (χ0n) is 15.0. The molecule has 0 bridgehead atoms. The second kappa shape index (κ2) is 6.57. The second-order valence-corrected chi connectivity index (χ2v) is 6.55. The van der Waals surface area contributed by atoms with Crippen LogP contribution in [-0.4, -0.2) is 14.5 Å². The van der Waals surface area contributed by atoms with Crippen molar-refractivity contribution in [1.29, 1.82) is 5.26 Å². The molecule has 0 aliphatic heterocycles. The van der Waals surface area contributed by atoms with Gasteiger partial charge in [-0.25, -0.2) is 4.98 Å². The van der Waals surface area contributed by atoms with Crippen LogP contribution in [0.1, 0.15) is 11.4 Å². The molecule has 0 atom stereocenters. The highest BCUT2D eigenvalue weighted by atomic mass is 15.1. The van der Waals surface area contributed by atoms with Gasteiger partial charge in [0.05, 0.1) is 16.6 Å². The number of para-hydroxylation sites is 4. The van der Waals surface area contributed by atoms with E-state index in [1.54, 1.807) is 0 Å². The fourth-order valence-electron chi connectivity index (χ4n) is 3.56. The third-order valence-corrected chi connectivity index (χ3v) is 4.86. The molecule has 4 heteroatoms. The maximum absolute atomic E-state index is 9.97. The van der Waals surface area contributed by atoms with Gasteiger partial charge in [-0.2, -0.15) is 5.26 Å². The Bertz CT molecular complexity index is 1360. The summed E-state index contributed by atoms with van der Waals surface area (Å²) < 4.78 is 2.04. The smallest absolute Gasteiger partial charge is 0.156 e. The van der Waals surface area contributed by atoms with E-state index in [9.17, 15) is 5.26 Å². The van der Waals surface area contributed by atoms with Gasteiger partial charge in [-0.15, -0.1) is 0 Å². The topological polar surface area (TPSA) is 57.4 Å². The highest BCUT2D eigenvalue weighted by Gasteiger charge is 2.16. The van der Waals surface area contributed by atoms with Gasteiger partial charge in [0.25, 0.3) is 0 Å². The number of benzene rings is 3. The number of nitrogens with one attached hydrogen (secondary N) is 1. The maximum Gasteiger partial charge on any atom is 0.156 e. The molecule has 5 rings (SSSR count). The Kier molecular flexibility index (Phi) is 3.78. The first-order valence-corrected chi connectivity index (χ1v) is 9.06. The third kappa shape index (κ3) is 2.58. The minimum absolute atomic E-state index is 0.518. The lowest BCUT2D eigenvalue weighted by atomic mass is 10.1. The summed E-state index contributed by atoms with van der Waals surface area (Å²) in [6, 6.07) is 28.4. The average Bonchev–Trinajstić information content (AvgIpc) is 3.34. The number of fused-ring (bicyclic) bond motifs is 2.